The first-order valence-electron chi connectivity index (χ1n) is 4.03. The zero-order chi connectivity index (χ0) is 9.97. The summed E-state index contributed by atoms with van der Waals surface area (Å²) in [6.45, 7) is 1.79. The number of rotatable bonds is 1. The van der Waals surface area contributed by atoms with Crippen molar-refractivity contribution in [1.29, 1.82) is 5.26 Å². The van der Waals surface area contributed by atoms with Crippen LogP contribution in [0.5, 0.6) is 0 Å². The molecule has 14 heavy (non-hydrogen) atoms. The zero-order valence-corrected chi connectivity index (χ0v) is 7.55. The van der Waals surface area contributed by atoms with Gasteiger partial charge in [0, 0.05) is 6.20 Å². The van der Waals surface area contributed by atoms with Crippen LogP contribution in [0.15, 0.2) is 24.9 Å². The van der Waals surface area contributed by atoms with Crippen molar-refractivity contribution in [1.82, 2.24) is 19.5 Å². The van der Waals surface area contributed by atoms with E-state index in [1.807, 2.05) is 0 Å². The summed E-state index contributed by atoms with van der Waals surface area (Å²) in [5.74, 6) is 0.650. The lowest BCUT2D eigenvalue weighted by Crippen LogP contribution is -1.98. The number of hydrogen-bond donors (Lipinski definition) is 0. The molecule has 0 amide bonds. The standard InChI is InChI=1S/C9H7N5/c1-7-8(4-10)14(6-13-7)9-2-3-11-5-12-9/h2-3,5-6H,1H3. The van der Waals surface area contributed by atoms with Gasteiger partial charge in [-0.3, -0.25) is 4.57 Å². The fraction of sp³-hybridized carbons (Fsp3) is 0.111. The molecule has 0 aliphatic rings. The van der Waals surface area contributed by atoms with E-state index in [0.717, 1.165) is 0 Å². The molecule has 0 saturated carbocycles. The first-order chi connectivity index (χ1) is 6.83. The lowest BCUT2D eigenvalue weighted by Gasteiger charge is -2.00. The monoisotopic (exact) mass is 185 g/mol. The van der Waals surface area contributed by atoms with Gasteiger partial charge >= 0.3 is 0 Å². The summed E-state index contributed by atoms with van der Waals surface area (Å²) in [4.78, 5) is 11.9. The molecule has 0 spiro atoms. The number of nitriles is 1. The van der Waals surface area contributed by atoms with Gasteiger partial charge in [0.1, 0.15) is 30.2 Å². The van der Waals surface area contributed by atoms with Crippen LogP contribution < -0.4 is 0 Å². The third kappa shape index (κ3) is 1.23. The smallest absolute Gasteiger partial charge is 0.148 e. The van der Waals surface area contributed by atoms with Gasteiger partial charge in [-0.05, 0) is 13.0 Å². The Morgan fingerprint density at radius 3 is 2.93 bits per heavy atom. The third-order valence-corrected chi connectivity index (χ3v) is 1.87. The Morgan fingerprint density at radius 1 is 1.43 bits per heavy atom. The van der Waals surface area contributed by atoms with Crippen LogP contribution >= 0.6 is 0 Å². The molecule has 0 fully saturated rings. The van der Waals surface area contributed by atoms with Crippen LogP contribution in [0.1, 0.15) is 11.4 Å². The van der Waals surface area contributed by atoms with Gasteiger partial charge in [-0.1, -0.05) is 0 Å². The van der Waals surface area contributed by atoms with Crippen molar-refractivity contribution in [2.75, 3.05) is 0 Å². The van der Waals surface area contributed by atoms with E-state index >= 15 is 0 Å². The predicted octanol–water partition coefficient (Wildman–Crippen LogP) is 0.842. The van der Waals surface area contributed by atoms with Crippen molar-refractivity contribution in [2.24, 2.45) is 0 Å². The average Bonchev–Trinajstić information content (AvgIpc) is 2.61. The van der Waals surface area contributed by atoms with Crippen LogP contribution in [-0.2, 0) is 0 Å². The van der Waals surface area contributed by atoms with E-state index in [1.165, 1.54) is 6.33 Å². The molecule has 0 bridgehead atoms. The summed E-state index contributed by atoms with van der Waals surface area (Å²) in [5, 5.41) is 8.90. The second kappa shape index (κ2) is 3.26. The minimum Gasteiger partial charge on any atom is -0.274 e. The van der Waals surface area contributed by atoms with Crippen molar-refractivity contribution in [3.8, 4) is 11.9 Å². The molecule has 2 rings (SSSR count). The topological polar surface area (TPSA) is 67.4 Å². The third-order valence-electron chi connectivity index (χ3n) is 1.87. The summed E-state index contributed by atoms with van der Waals surface area (Å²) in [5.41, 5.74) is 1.20. The summed E-state index contributed by atoms with van der Waals surface area (Å²) in [6, 6.07) is 3.81. The highest BCUT2D eigenvalue weighted by Gasteiger charge is 2.07. The van der Waals surface area contributed by atoms with Crippen LogP contribution in [0.4, 0.5) is 0 Å². The van der Waals surface area contributed by atoms with E-state index in [-0.39, 0.29) is 0 Å². The minimum atomic E-state index is 0.503. The van der Waals surface area contributed by atoms with Gasteiger partial charge < -0.3 is 0 Å². The second-order valence-electron chi connectivity index (χ2n) is 2.73. The molecule has 2 aromatic heterocycles. The molecule has 5 nitrogen and oxygen atoms in total. The van der Waals surface area contributed by atoms with E-state index in [0.29, 0.717) is 17.2 Å². The van der Waals surface area contributed by atoms with Crippen LogP contribution in [0.2, 0.25) is 0 Å². The molecule has 2 aromatic rings. The van der Waals surface area contributed by atoms with E-state index in [9.17, 15) is 0 Å². The maximum Gasteiger partial charge on any atom is 0.148 e. The first kappa shape index (κ1) is 8.38. The number of aromatic nitrogens is 4. The Kier molecular flexibility index (Phi) is 1.95. The molecule has 0 aliphatic carbocycles. The molecule has 0 radical (unpaired) electrons. The van der Waals surface area contributed by atoms with Gasteiger partial charge in [0.2, 0.25) is 0 Å². The van der Waals surface area contributed by atoms with Gasteiger partial charge in [-0.15, -0.1) is 0 Å². The van der Waals surface area contributed by atoms with Gasteiger partial charge in [-0.25, -0.2) is 15.0 Å². The maximum atomic E-state index is 8.90. The highest BCUT2D eigenvalue weighted by Crippen LogP contribution is 2.09. The average molecular weight is 185 g/mol. The molecule has 0 aromatic carbocycles. The van der Waals surface area contributed by atoms with Crippen molar-refractivity contribution in [3.05, 3.63) is 36.3 Å². The molecule has 0 unspecified atom stereocenters. The number of nitrogens with zero attached hydrogens (tertiary/aromatic N) is 5. The Hall–Kier alpha value is -2.22. The lowest BCUT2D eigenvalue weighted by molar-refractivity contribution is 0.956. The van der Waals surface area contributed by atoms with E-state index in [1.54, 1.807) is 30.1 Å². The van der Waals surface area contributed by atoms with Gasteiger partial charge in [-0.2, -0.15) is 5.26 Å². The number of imidazole rings is 1. The lowest BCUT2D eigenvalue weighted by atomic mass is 10.3. The molecule has 68 valence electrons. The van der Waals surface area contributed by atoms with E-state index in [4.69, 9.17) is 5.26 Å². The van der Waals surface area contributed by atoms with Crippen LogP contribution in [0.25, 0.3) is 5.82 Å². The van der Waals surface area contributed by atoms with E-state index in [2.05, 4.69) is 21.0 Å². The Labute approximate surface area is 80.7 Å². The highest BCUT2D eigenvalue weighted by atomic mass is 15.1. The van der Waals surface area contributed by atoms with Crippen molar-refractivity contribution < 1.29 is 0 Å². The van der Waals surface area contributed by atoms with Crippen molar-refractivity contribution in [3.63, 3.8) is 0 Å². The molecule has 0 saturated heterocycles. The largest absolute Gasteiger partial charge is 0.274 e. The second-order valence-corrected chi connectivity index (χ2v) is 2.73. The molecular weight excluding hydrogens is 178 g/mol. The summed E-state index contributed by atoms with van der Waals surface area (Å²) in [6.07, 6.45) is 4.64. The first-order valence-corrected chi connectivity index (χ1v) is 4.03. The molecule has 0 atom stereocenters. The van der Waals surface area contributed by atoms with Crippen molar-refractivity contribution >= 4 is 0 Å². The highest BCUT2D eigenvalue weighted by molar-refractivity contribution is 5.34. The zero-order valence-electron chi connectivity index (χ0n) is 7.55. The van der Waals surface area contributed by atoms with Crippen LogP contribution in [0, 0.1) is 18.3 Å². The quantitative estimate of drug-likeness (QED) is 0.660. The molecular formula is C9H7N5. The summed E-state index contributed by atoms with van der Waals surface area (Å²) >= 11 is 0. The van der Waals surface area contributed by atoms with Crippen LogP contribution in [0.3, 0.4) is 0 Å². The molecule has 2 heterocycles. The van der Waals surface area contributed by atoms with Gasteiger partial charge in [0.05, 0.1) is 5.69 Å². The van der Waals surface area contributed by atoms with Crippen LogP contribution in [-0.4, -0.2) is 19.5 Å². The maximum absolute atomic E-state index is 8.90. The Balaban J connectivity index is 2.59. The van der Waals surface area contributed by atoms with Crippen molar-refractivity contribution in [2.45, 2.75) is 6.92 Å². The summed E-state index contributed by atoms with van der Waals surface area (Å²) < 4.78 is 1.64. The fourth-order valence-corrected chi connectivity index (χ4v) is 1.17. The normalized spacial score (nSPS) is 9.71. The SMILES string of the molecule is Cc1ncn(-c2ccncn2)c1C#N. The Bertz CT molecular complexity index is 480. The molecule has 0 aliphatic heterocycles. The number of hydrogen-bond acceptors (Lipinski definition) is 4. The van der Waals surface area contributed by atoms with Gasteiger partial charge in [0.15, 0.2) is 0 Å². The molecule has 5 heteroatoms. The molecule has 0 N–H and O–H groups in total. The van der Waals surface area contributed by atoms with E-state index < -0.39 is 0 Å². The fourth-order valence-electron chi connectivity index (χ4n) is 1.17. The minimum absolute atomic E-state index is 0.503. The number of aryl methyl sites for hydroxylation is 1. The predicted molar refractivity (Wildman–Crippen MR) is 48.6 cm³/mol. The Morgan fingerprint density at radius 2 is 2.29 bits per heavy atom. The van der Waals surface area contributed by atoms with Gasteiger partial charge in [0.25, 0.3) is 0 Å². The summed E-state index contributed by atoms with van der Waals surface area (Å²) in [7, 11) is 0.